The van der Waals surface area contributed by atoms with Crippen molar-refractivity contribution in [1.82, 2.24) is 0 Å². The van der Waals surface area contributed by atoms with E-state index in [2.05, 4.69) is 97.1 Å². The normalized spacial score (nSPS) is 10.9. The molecule has 0 saturated heterocycles. The van der Waals surface area contributed by atoms with Crippen molar-refractivity contribution >= 4 is 35.8 Å². The molecule has 0 amide bonds. The highest BCUT2D eigenvalue weighted by Gasteiger charge is 2.45. The third-order valence-corrected chi connectivity index (χ3v) is 10.1. The Morgan fingerprint density at radius 1 is 0.667 bits per heavy atom. The summed E-state index contributed by atoms with van der Waals surface area (Å²) in [4.78, 5) is 0.969. The van der Waals surface area contributed by atoms with Crippen LogP contribution in [0.1, 0.15) is 5.56 Å². The molecular formula is C26H24BrOPS. The van der Waals surface area contributed by atoms with Gasteiger partial charge in [0.2, 0.25) is 0 Å². The zero-order valence-corrected chi connectivity index (χ0v) is 20.2. The molecule has 0 aliphatic rings. The van der Waals surface area contributed by atoms with Crippen LogP contribution in [-0.2, 0) is 6.16 Å². The van der Waals surface area contributed by atoms with E-state index in [9.17, 15) is 0 Å². The van der Waals surface area contributed by atoms with Gasteiger partial charge in [0.25, 0.3) is 0 Å². The Kier molecular flexibility index (Phi) is 7.77. The van der Waals surface area contributed by atoms with E-state index >= 15 is 0 Å². The lowest BCUT2D eigenvalue weighted by atomic mass is 10.2. The molecule has 0 aliphatic carbocycles. The van der Waals surface area contributed by atoms with E-state index in [0.29, 0.717) is 0 Å². The second-order valence-corrected chi connectivity index (χ2v) is 10.9. The van der Waals surface area contributed by atoms with Gasteiger partial charge in [-0.05, 0) is 48.5 Å². The summed E-state index contributed by atoms with van der Waals surface area (Å²) in [7, 11) is -0.223. The number of rotatable bonds is 6. The monoisotopic (exact) mass is 494 g/mol. The first-order chi connectivity index (χ1) is 14.2. The minimum absolute atomic E-state index is 0. The topological polar surface area (TPSA) is 9.23 Å². The van der Waals surface area contributed by atoms with E-state index in [1.165, 1.54) is 21.5 Å². The molecule has 0 spiro atoms. The molecule has 0 atom stereocenters. The van der Waals surface area contributed by atoms with Gasteiger partial charge in [0, 0.05) is 10.5 Å². The van der Waals surface area contributed by atoms with E-state index < -0.39 is 7.26 Å². The Hall–Kier alpha value is -2.06. The van der Waals surface area contributed by atoms with Gasteiger partial charge < -0.3 is 21.7 Å². The number of thiol groups is 1. The third kappa shape index (κ3) is 4.49. The van der Waals surface area contributed by atoms with Crippen molar-refractivity contribution < 1.29 is 21.7 Å². The summed E-state index contributed by atoms with van der Waals surface area (Å²) in [6.45, 7) is 0. The van der Waals surface area contributed by atoms with Crippen LogP contribution in [0.15, 0.2) is 114 Å². The lowest BCUT2D eigenvalue weighted by molar-refractivity contribution is -0.00000588. The summed E-state index contributed by atoms with van der Waals surface area (Å²) in [5, 5.41) is 4.13. The van der Waals surface area contributed by atoms with Crippen LogP contribution in [0.3, 0.4) is 0 Å². The van der Waals surface area contributed by atoms with Crippen LogP contribution in [0.5, 0.6) is 5.75 Å². The van der Waals surface area contributed by atoms with E-state index in [4.69, 9.17) is 17.4 Å². The molecule has 0 bridgehead atoms. The predicted octanol–water partition coefficient (Wildman–Crippen LogP) is 2.48. The summed E-state index contributed by atoms with van der Waals surface area (Å²) in [6.07, 6.45) is 0.911. The van der Waals surface area contributed by atoms with Crippen LogP contribution in [0.2, 0.25) is 0 Å². The molecule has 0 saturated carbocycles. The number of halogens is 1. The van der Waals surface area contributed by atoms with Gasteiger partial charge in [-0.15, -0.1) is 12.6 Å². The fourth-order valence-electron chi connectivity index (χ4n) is 3.83. The van der Waals surface area contributed by atoms with E-state index in [1.807, 2.05) is 12.1 Å². The molecular weight excluding hydrogens is 471 g/mol. The van der Waals surface area contributed by atoms with Crippen molar-refractivity contribution in [3.8, 4) is 5.75 Å². The first kappa shape index (κ1) is 22.6. The maximum Gasteiger partial charge on any atom is 0.119 e. The van der Waals surface area contributed by atoms with Crippen LogP contribution >= 0.6 is 19.9 Å². The van der Waals surface area contributed by atoms with Crippen LogP contribution in [0, 0.1) is 0 Å². The fourth-order valence-corrected chi connectivity index (χ4v) is 8.51. The molecule has 152 valence electrons. The zero-order valence-electron chi connectivity index (χ0n) is 16.8. The van der Waals surface area contributed by atoms with Gasteiger partial charge in [-0.1, -0.05) is 60.7 Å². The van der Waals surface area contributed by atoms with Gasteiger partial charge in [0.05, 0.1) is 13.3 Å². The number of benzene rings is 4. The Morgan fingerprint density at radius 3 is 1.47 bits per heavy atom. The summed E-state index contributed by atoms with van der Waals surface area (Å²) in [6, 6.07) is 39.0. The van der Waals surface area contributed by atoms with Crippen molar-refractivity contribution in [3.05, 3.63) is 115 Å². The molecule has 0 radical (unpaired) electrons. The van der Waals surface area contributed by atoms with Gasteiger partial charge in [0.15, 0.2) is 0 Å². The molecule has 4 aromatic carbocycles. The zero-order chi connectivity index (χ0) is 20.1. The second kappa shape index (κ2) is 10.3. The second-order valence-electron chi connectivity index (χ2n) is 6.97. The minimum Gasteiger partial charge on any atom is -1.00 e. The summed E-state index contributed by atoms with van der Waals surface area (Å²) in [5.41, 5.74) is 1.24. The molecule has 4 aromatic rings. The maximum atomic E-state index is 5.39. The van der Waals surface area contributed by atoms with Crippen molar-refractivity contribution in [2.75, 3.05) is 7.11 Å². The van der Waals surface area contributed by atoms with Gasteiger partial charge >= 0.3 is 0 Å². The summed E-state index contributed by atoms with van der Waals surface area (Å²) in [5.74, 6) is 0.835. The lowest BCUT2D eigenvalue weighted by Gasteiger charge is -2.28. The molecule has 4 rings (SSSR count). The highest BCUT2D eigenvalue weighted by atomic mass is 79.9. The molecule has 1 nitrogen and oxygen atoms in total. The van der Waals surface area contributed by atoms with Crippen molar-refractivity contribution in [3.63, 3.8) is 0 Å². The molecule has 0 aliphatic heterocycles. The van der Waals surface area contributed by atoms with Crippen LogP contribution in [0.25, 0.3) is 0 Å². The number of ether oxygens (including phenoxy) is 1. The molecule has 0 heterocycles. The Balaban J connectivity index is 0.00000256. The van der Waals surface area contributed by atoms with Gasteiger partial charge in [0.1, 0.15) is 28.9 Å². The van der Waals surface area contributed by atoms with Crippen molar-refractivity contribution in [2.24, 2.45) is 0 Å². The molecule has 0 aromatic heterocycles. The SMILES string of the molecule is COc1ccc(C[P+](c2ccccc2)(c2ccccc2)c2ccccc2)c(S)c1.[Br-]. The smallest absolute Gasteiger partial charge is 0.119 e. The van der Waals surface area contributed by atoms with E-state index in [1.54, 1.807) is 7.11 Å². The standard InChI is InChI=1S/C26H23OPS.BrH/c1-27-22-18-17-21(26(29)19-22)20-28(23-11-5-2-6-12-23,24-13-7-3-8-14-24)25-15-9-4-10-16-25;/h2-19H,20H2,1H3;1H. The number of hydrogen-bond acceptors (Lipinski definition) is 2. The molecule has 0 fully saturated rings. The largest absolute Gasteiger partial charge is 1.00 e. The molecule has 0 N–H and O–H groups in total. The third-order valence-electron chi connectivity index (χ3n) is 5.29. The lowest BCUT2D eigenvalue weighted by Crippen LogP contribution is -3.00. The Bertz CT molecular complexity index is 975. The molecule has 4 heteroatoms. The molecule has 30 heavy (non-hydrogen) atoms. The number of hydrogen-bond donors (Lipinski definition) is 1. The predicted molar refractivity (Wildman–Crippen MR) is 129 cm³/mol. The summed E-state index contributed by atoms with van der Waals surface area (Å²) < 4.78 is 5.39. The van der Waals surface area contributed by atoms with E-state index in [-0.39, 0.29) is 17.0 Å². The Labute approximate surface area is 195 Å². The maximum absolute atomic E-state index is 5.39. The van der Waals surface area contributed by atoms with Crippen LogP contribution < -0.4 is 37.6 Å². The minimum atomic E-state index is -1.92. The quantitative estimate of drug-likeness (QED) is 0.320. The average molecular weight is 495 g/mol. The summed E-state index contributed by atoms with van der Waals surface area (Å²) >= 11 is 4.81. The van der Waals surface area contributed by atoms with E-state index in [0.717, 1.165) is 16.8 Å². The van der Waals surface area contributed by atoms with Crippen LogP contribution in [0.4, 0.5) is 0 Å². The van der Waals surface area contributed by atoms with Gasteiger partial charge in [-0.25, -0.2) is 0 Å². The fraction of sp³-hybridized carbons (Fsp3) is 0.0769. The first-order valence-electron chi connectivity index (χ1n) is 9.65. The van der Waals surface area contributed by atoms with Gasteiger partial charge in [-0.2, -0.15) is 0 Å². The Morgan fingerprint density at radius 2 is 1.10 bits per heavy atom. The van der Waals surface area contributed by atoms with Gasteiger partial charge in [-0.3, -0.25) is 0 Å². The van der Waals surface area contributed by atoms with Crippen molar-refractivity contribution in [2.45, 2.75) is 11.1 Å². The molecule has 0 unspecified atom stereocenters. The first-order valence-corrected chi connectivity index (χ1v) is 12.1. The highest BCUT2D eigenvalue weighted by molar-refractivity contribution is 7.95. The average Bonchev–Trinajstić information content (AvgIpc) is 2.80. The van der Waals surface area contributed by atoms with Crippen LogP contribution in [-0.4, -0.2) is 7.11 Å². The highest BCUT2D eigenvalue weighted by Crippen LogP contribution is 2.58. The number of methoxy groups -OCH3 is 1. The van der Waals surface area contributed by atoms with Crippen molar-refractivity contribution in [1.29, 1.82) is 0 Å².